The van der Waals surface area contributed by atoms with Gasteiger partial charge in [-0.15, -0.1) is 0 Å². The van der Waals surface area contributed by atoms with E-state index in [1.807, 2.05) is 0 Å². The maximum absolute atomic E-state index is 11.4. The van der Waals surface area contributed by atoms with Crippen LogP contribution < -0.4 is 11.1 Å². The molecule has 4 N–H and O–H groups in total. The molecule has 0 saturated carbocycles. The quantitative estimate of drug-likeness (QED) is 0.350. The molecule has 10 nitrogen and oxygen atoms in total. The SMILES string of the molecule is CC(=O)OCC1O[C@@H](O)C(NCCN)[C@@H](OC(C)=O)[C@@H]1OC(C)=O. The molecule has 0 bridgehead atoms. The molecule has 0 aliphatic carbocycles. The summed E-state index contributed by atoms with van der Waals surface area (Å²) in [6, 6.07) is -0.865. The Morgan fingerprint density at radius 3 is 2.17 bits per heavy atom. The maximum atomic E-state index is 11.4. The molecule has 1 aliphatic rings. The van der Waals surface area contributed by atoms with Gasteiger partial charge in [0.25, 0.3) is 0 Å². The second-order valence-corrected chi connectivity index (χ2v) is 5.28. The summed E-state index contributed by atoms with van der Waals surface area (Å²) in [4.78, 5) is 33.8. The highest BCUT2D eigenvalue weighted by Gasteiger charge is 2.49. The van der Waals surface area contributed by atoms with Gasteiger partial charge < -0.3 is 35.1 Å². The number of carbonyl (C=O) groups excluding carboxylic acids is 3. The zero-order chi connectivity index (χ0) is 18.3. The number of nitrogens with two attached hydrogens (primary N) is 1. The summed E-state index contributed by atoms with van der Waals surface area (Å²) in [6.45, 7) is 3.88. The Kier molecular flexibility index (Phi) is 8.05. The van der Waals surface area contributed by atoms with Crippen LogP contribution >= 0.6 is 0 Å². The lowest BCUT2D eigenvalue weighted by molar-refractivity contribution is -0.265. The third-order valence-electron chi connectivity index (χ3n) is 3.24. The van der Waals surface area contributed by atoms with Crippen LogP contribution in [-0.2, 0) is 33.3 Å². The van der Waals surface area contributed by atoms with E-state index in [1.54, 1.807) is 0 Å². The first kappa shape index (κ1) is 20.3. The number of rotatable bonds is 7. The van der Waals surface area contributed by atoms with Gasteiger partial charge in [-0.05, 0) is 0 Å². The molecule has 1 saturated heterocycles. The van der Waals surface area contributed by atoms with Crippen molar-refractivity contribution in [2.75, 3.05) is 19.7 Å². The highest BCUT2D eigenvalue weighted by molar-refractivity contribution is 5.67. The summed E-state index contributed by atoms with van der Waals surface area (Å²) in [6.07, 6.45) is -4.48. The minimum absolute atomic E-state index is 0.269. The van der Waals surface area contributed by atoms with E-state index in [4.69, 9.17) is 24.7 Å². The van der Waals surface area contributed by atoms with Crippen molar-refractivity contribution in [3.05, 3.63) is 0 Å². The Hall–Kier alpha value is -1.75. The lowest BCUT2D eigenvalue weighted by Crippen LogP contribution is -2.65. The fourth-order valence-electron chi connectivity index (χ4n) is 2.39. The minimum atomic E-state index is -1.38. The van der Waals surface area contributed by atoms with E-state index in [-0.39, 0.29) is 13.2 Å². The van der Waals surface area contributed by atoms with E-state index >= 15 is 0 Å². The number of aliphatic hydroxyl groups excluding tert-OH is 1. The number of ether oxygens (including phenoxy) is 4. The first-order valence-electron chi connectivity index (χ1n) is 7.51. The van der Waals surface area contributed by atoms with Gasteiger partial charge in [0.05, 0.1) is 6.04 Å². The van der Waals surface area contributed by atoms with E-state index in [0.717, 1.165) is 0 Å². The van der Waals surface area contributed by atoms with Gasteiger partial charge in [0.2, 0.25) is 0 Å². The summed E-state index contributed by atoms with van der Waals surface area (Å²) >= 11 is 0. The second kappa shape index (κ2) is 9.52. The van der Waals surface area contributed by atoms with Gasteiger partial charge in [-0.3, -0.25) is 14.4 Å². The summed E-state index contributed by atoms with van der Waals surface area (Å²) in [5, 5.41) is 13.1. The van der Waals surface area contributed by atoms with Crippen molar-refractivity contribution in [2.45, 2.75) is 51.4 Å². The molecule has 0 amide bonds. The standard InChI is InChI=1S/C14H24N2O8/c1-7(17)21-6-10-12(22-8(2)18)13(23-9(3)19)11(14(20)24-10)16-5-4-15/h10-14,16,20H,4-6,15H2,1-3H3/t10?,11?,12-,13-,14-/m1/s1. The average Bonchev–Trinajstić information content (AvgIpc) is 2.46. The number of nitrogens with one attached hydrogen (secondary N) is 1. The van der Waals surface area contributed by atoms with E-state index < -0.39 is 48.6 Å². The normalized spacial score (nSPS) is 29.6. The molecule has 0 radical (unpaired) electrons. The molecular weight excluding hydrogens is 324 g/mol. The molecule has 0 aromatic carbocycles. The molecule has 138 valence electrons. The van der Waals surface area contributed by atoms with Gasteiger partial charge in [-0.2, -0.15) is 0 Å². The minimum Gasteiger partial charge on any atom is -0.463 e. The van der Waals surface area contributed by atoms with Crippen LogP contribution in [0.5, 0.6) is 0 Å². The van der Waals surface area contributed by atoms with Crippen LogP contribution in [0.3, 0.4) is 0 Å². The molecule has 1 rings (SSSR count). The lowest BCUT2D eigenvalue weighted by Gasteiger charge is -2.43. The summed E-state index contributed by atoms with van der Waals surface area (Å²) < 4.78 is 20.7. The van der Waals surface area contributed by atoms with Crippen molar-refractivity contribution in [2.24, 2.45) is 5.73 Å². The monoisotopic (exact) mass is 348 g/mol. The van der Waals surface area contributed by atoms with Crippen LogP contribution in [-0.4, -0.2) is 73.4 Å². The maximum Gasteiger partial charge on any atom is 0.303 e. The van der Waals surface area contributed by atoms with Crippen molar-refractivity contribution in [3.8, 4) is 0 Å². The Morgan fingerprint density at radius 2 is 1.67 bits per heavy atom. The zero-order valence-corrected chi connectivity index (χ0v) is 13.9. The largest absolute Gasteiger partial charge is 0.463 e. The van der Waals surface area contributed by atoms with Gasteiger partial charge in [-0.1, -0.05) is 0 Å². The van der Waals surface area contributed by atoms with E-state index in [1.165, 1.54) is 20.8 Å². The van der Waals surface area contributed by atoms with Crippen LogP contribution in [0.2, 0.25) is 0 Å². The molecular formula is C14H24N2O8. The Labute approximate surface area is 139 Å². The molecule has 24 heavy (non-hydrogen) atoms. The van der Waals surface area contributed by atoms with Gasteiger partial charge in [0.1, 0.15) is 12.7 Å². The molecule has 2 unspecified atom stereocenters. The van der Waals surface area contributed by atoms with Crippen LogP contribution in [0.25, 0.3) is 0 Å². The van der Waals surface area contributed by atoms with Crippen molar-refractivity contribution in [3.63, 3.8) is 0 Å². The van der Waals surface area contributed by atoms with E-state index in [9.17, 15) is 19.5 Å². The van der Waals surface area contributed by atoms with Gasteiger partial charge >= 0.3 is 17.9 Å². The number of esters is 3. The van der Waals surface area contributed by atoms with Crippen molar-refractivity contribution in [1.29, 1.82) is 0 Å². The van der Waals surface area contributed by atoms with Crippen LogP contribution in [0.4, 0.5) is 0 Å². The molecule has 1 fully saturated rings. The first-order chi connectivity index (χ1) is 11.3. The molecule has 0 spiro atoms. The van der Waals surface area contributed by atoms with Crippen molar-refractivity contribution >= 4 is 17.9 Å². The summed E-state index contributed by atoms with van der Waals surface area (Å²) in [5.74, 6) is -1.83. The summed E-state index contributed by atoms with van der Waals surface area (Å²) in [7, 11) is 0. The van der Waals surface area contributed by atoms with E-state index in [0.29, 0.717) is 6.54 Å². The van der Waals surface area contributed by atoms with Crippen molar-refractivity contribution < 1.29 is 38.4 Å². The third-order valence-corrected chi connectivity index (χ3v) is 3.24. The van der Waals surface area contributed by atoms with Gasteiger partial charge in [0, 0.05) is 33.9 Å². The van der Waals surface area contributed by atoms with Crippen molar-refractivity contribution in [1.82, 2.24) is 5.32 Å². The smallest absolute Gasteiger partial charge is 0.303 e. The molecule has 0 aromatic rings. The van der Waals surface area contributed by atoms with E-state index in [2.05, 4.69) is 5.32 Å². The predicted octanol–water partition coefficient (Wildman–Crippen LogP) is -1.95. The Bertz CT molecular complexity index is 458. The molecule has 10 heteroatoms. The number of carbonyl (C=O) groups is 3. The highest BCUT2D eigenvalue weighted by atomic mass is 16.7. The fourth-order valence-corrected chi connectivity index (χ4v) is 2.39. The van der Waals surface area contributed by atoms with Gasteiger partial charge in [-0.25, -0.2) is 0 Å². The molecule has 0 aromatic heterocycles. The topological polar surface area (TPSA) is 146 Å². The summed E-state index contributed by atoms with van der Waals surface area (Å²) in [5.41, 5.74) is 5.43. The van der Waals surface area contributed by atoms with Crippen LogP contribution in [0.1, 0.15) is 20.8 Å². The molecule has 1 aliphatic heterocycles. The number of aliphatic hydroxyl groups is 1. The predicted molar refractivity (Wildman–Crippen MR) is 79.5 cm³/mol. The Morgan fingerprint density at radius 1 is 1.08 bits per heavy atom. The molecule has 1 heterocycles. The first-order valence-corrected chi connectivity index (χ1v) is 7.51. The Balaban J connectivity index is 3.04. The van der Waals surface area contributed by atoms with Gasteiger partial charge in [0.15, 0.2) is 18.5 Å². The molecule has 5 atom stereocenters. The number of hydrogen-bond acceptors (Lipinski definition) is 10. The van der Waals surface area contributed by atoms with Crippen LogP contribution in [0.15, 0.2) is 0 Å². The van der Waals surface area contributed by atoms with Crippen LogP contribution in [0, 0.1) is 0 Å². The lowest BCUT2D eigenvalue weighted by atomic mass is 9.96. The second-order valence-electron chi connectivity index (χ2n) is 5.28. The average molecular weight is 348 g/mol. The highest BCUT2D eigenvalue weighted by Crippen LogP contribution is 2.26. The third kappa shape index (κ3) is 6.04. The zero-order valence-electron chi connectivity index (χ0n) is 13.9. The number of hydrogen-bond donors (Lipinski definition) is 3. The fraction of sp³-hybridized carbons (Fsp3) is 0.786.